The Morgan fingerprint density at radius 2 is 1.95 bits per heavy atom. The summed E-state index contributed by atoms with van der Waals surface area (Å²) in [4.78, 5) is 12.1. The van der Waals surface area contributed by atoms with E-state index in [4.69, 9.17) is 5.73 Å². The molecule has 22 heavy (non-hydrogen) atoms. The second-order valence-corrected chi connectivity index (χ2v) is 8.44. The van der Waals surface area contributed by atoms with E-state index in [1.165, 1.54) is 12.8 Å². The van der Waals surface area contributed by atoms with Crippen LogP contribution < -0.4 is 10.5 Å². The topological polar surface area (TPSA) is 89.3 Å². The quantitative estimate of drug-likeness (QED) is 0.475. The molecular weight excluding hydrogens is 300 g/mol. The van der Waals surface area contributed by atoms with Gasteiger partial charge in [-0.15, -0.1) is 0 Å². The standard InChI is InChI=1S/C16H30N2O3S/c1-4-5-6-7-8-9-14(12(2)3)15(17)16(19)18-22(20,21)13-10-11-13/h8-9,12-15H,4-7,10-11,17H2,1-3H3,(H,18,19)/b9-8-. The Bertz CT molecular complexity index is 482. The average molecular weight is 330 g/mol. The Hall–Kier alpha value is -0.880. The van der Waals surface area contributed by atoms with Crippen molar-refractivity contribution in [1.82, 2.24) is 4.72 Å². The molecular formula is C16H30N2O3S. The van der Waals surface area contributed by atoms with Gasteiger partial charge in [0.25, 0.3) is 5.91 Å². The molecule has 1 fully saturated rings. The summed E-state index contributed by atoms with van der Waals surface area (Å²) in [7, 11) is -3.53. The zero-order valence-electron chi connectivity index (χ0n) is 13.9. The molecule has 0 aromatic rings. The molecule has 3 N–H and O–H groups in total. The highest BCUT2D eigenvalue weighted by Gasteiger charge is 2.38. The van der Waals surface area contributed by atoms with Crippen molar-refractivity contribution >= 4 is 15.9 Å². The van der Waals surface area contributed by atoms with Crippen molar-refractivity contribution in [2.24, 2.45) is 17.6 Å². The van der Waals surface area contributed by atoms with Crippen LogP contribution in [0, 0.1) is 11.8 Å². The van der Waals surface area contributed by atoms with Crippen LogP contribution in [0.15, 0.2) is 12.2 Å². The molecule has 1 saturated carbocycles. The number of nitrogens with one attached hydrogen (secondary N) is 1. The molecule has 0 aromatic carbocycles. The van der Waals surface area contributed by atoms with Gasteiger partial charge in [0.2, 0.25) is 10.0 Å². The van der Waals surface area contributed by atoms with E-state index >= 15 is 0 Å². The molecule has 0 aromatic heterocycles. The van der Waals surface area contributed by atoms with Crippen LogP contribution in [-0.4, -0.2) is 25.6 Å². The molecule has 1 amide bonds. The normalized spacial score (nSPS) is 18.6. The van der Waals surface area contributed by atoms with Gasteiger partial charge in [0, 0.05) is 5.92 Å². The van der Waals surface area contributed by atoms with Gasteiger partial charge in [-0.3, -0.25) is 9.52 Å². The van der Waals surface area contributed by atoms with Crippen LogP contribution in [0.25, 0.3) is 0 Å². The first kappa shape index (κ1) is 19.2. The van der Waals surface area contributed by atoms with E-state index in [0.717, 1.165) is 12.8 Å². The highest BCUT2D eigenvalue weighted by molar-refractivity contribution is 7.90. The molecule has 1 aliphatic rings. The predicted molar refractivity (Wildman–Crippen MR) is 89.7 cm³/mol. The Morgan fingerprint density at radius 3 is 2.45 bits per heavy atom. The first-order valence-electron chi connectivity index (χ1n) is 8.27. The maximum atomic E-state index is 12.1. The molecule has 0 heterocycles. The lowest BCUT2D eigenvalue weighted by atomic mass is 9.88. The maximum Gasteiger partial charge on any atom is 0.250 e. The fourth-order valence-electron chi connectivity index (χ4n) is 2.37. The molecule has 0 spiro atoms. The number of sulfonamides is 1. The molecule has 5 nitrogen and oxygen atoms in total. The molecule has 1 aliphatic carbocycles. The van der Waals surface area contributed by atoms with Crippen LogP contribution in [0.4, 0.5) is 0 Å². The molecule has 128 valence electrons. The SMILES string of the molecule is CCCCC/C=C\C(C(C)C)C(N)C(=O)NS(=O)(=O)C1CC1. The van der Waals surface area contributed by atoms with Gasteiger partial charge in [-0.25, -0.2) is 8.42 Å². The summed E-state index contributed by atoms with van der Waals surface area (Å²) >= 11 is 0. The highest BCUT2D eigenvalue weighted by Crippen LogP contribution is 2.27. The van der Waals surface area contributed by atoms with Gasteiger partial charge in [-0.2, -0.15) is 0 Å². The first-order chi connectivity index (χ1) is 10.3. The summed E-state index contributed by atoms with van der Waals surface area (Å²) in [6.45, 7) is 6.13. The monoisotopic (exact) mass is 330 g/mol. The van der Waals surface area contributed by atoms with Crippen LogP contribution in [0.2, 0.25) is 0 Å². The van der Waals surface area contributed by atoms with Crippen LogP contribution in [-0.2, 0) is 14.8 Å². The van der Waals surface area contributed by atoms with Crippen LogP contribution in [0.3, 0.4) is 0 Å². The van der Waals surface area contributed by atoms with E-state index < -0.39 is 27.2 Å². The molecule has 0 radical (unpaired) electrons. The Kier molecular flexibility index (Phi) is 7.56. The summed E-state index contributed by atoms with van der Waals surface area (Å²) in [5.41, 5.74) is 6.00. The van der Waals surface area contributed by atoms with Crippen molar-refractivity contribution in [1.29, 1.82) is 0 Å². The number of carbonyl (C=O) groups is 1. The third kappa shape index (κ3) is 6.08. The lowest BCUT2D eigenvalue weighted by molar-refractivity contribution is -0.121. The summed E-state index contributed by atoms with van der Waals surface area (Å²) in [6.07, 6.45) is 9.72. The maximum absolute atomic E-state index is 12.1. The van der Waals surface area contributed by atoms with Crippen LogP contribution >= 0.6 is 0 Å². The molecule has 1 rings (SSSR count). The number of amides is 1. The lowest BCUT2D eigenvalue weighted by Gasteiger charge is -2.23. The number of nitrogens with two attached hydrogens (primary N) is 1. The summed E-state index contributed by atoms with van der Waals surface area (Å²) < 4.78 is 25.8. The summed E-state index contributed by atoms with van der Waals surface area (Å²) in [6, 6.07) is -0.837. The Labute approximate surface area is 134 Å². The third-order valence-electron chi connectivity index (χ3n) is 4.03. The van der Waals surface area contributed by atoms with Gasteiger partial charge >= 0.3 is 0 Å². The zero-order chi connectivity index (χ0) is 16.8. The van der Waals surface area contributed by atoms with Crippen molar-refractivity contribution in [3.63, 3.8) is 0 Å². The number of allylic oxidation sites excluding steroid dienone is 1. The Morgan fingerprint density at radius 1 is 1.32 bits per heavy atom. The smallest absolute Gasteiger partial charge is 0.250 e. The number of rotatable bonds is 10. The summed E-state index contributed by atoms with van der Waals surface area (Å²) in [5, 5.41) is -0.411. The van der Waals surface area contributed by atoms with Crippen molar-refractivity contribution in [3.8, 4) is 0 Å². The summed E-state index contributed by atoms with van der Waals surface area (Å²) in [5.74, 6) is -0.577. The predicted octanol–water partition coefficient (Wildman–Crippen LogP) is 2.33. The number of hydrogen-bond donors (Lipinski definition) is 2. The van der Waals surface area contributed by atoms with Crippen molar-refractivity contribution in [2.75, 3.05) is 0 Å². The molecule has 0 bridgehead atoms. The largest absolute Gasteiger partial charge is 0.319 e. The fourth-order valence-corrected chi connectivity index (χ4v) is 3.71. The molecule has 0 saturated heterocycles. The molecule has 2 atom stereocenters. The highest BCUT2D eigenvalue weighted by atomic mass is 32.2. The minimum absolute atomic E-state index is 0.156. The second-order valence-electron chi connectivity index (χ2n) is 6.48. The van der Waals surface area contributed by atoms with E-state index in [9.17, 15) is 13.2 Å². The van der Waals surface area contributed by atoms with E-state index in [1.54, 1.807) is 0 Å². The minimum atomic E-state index is -3.53. The van der Waals surface area contributed by atoms with Gasteiger partial charge in [-0.05, 0) is 31.6 Å². The van der Waals surface area contributed by atoms with E-state index in [2.05, 4.69) is 17.7 Å². The van der Waals surface area contributed by atoms with Gasteiger partial charge < -0.3 is 5.73 Å². The third-order valence-corrected chi connectivity index (χ3v) is 5.86. The number of unbranched alkanes of at least 4 members (excludes halogenated alkanes) is 3. The van der Waals surface area contributed by atoms with Gasteiger partial charge in [-0.1, -0.05) is 45.8 Å². The number of carbonyl (C=O) groups excluding carboxylic acids is 1. The minimum Gasteiger partial charge on any atom is -0.319 e. The van der Waals surface area contributed by atoms with Crippen molar-refractivity contribution in [2.45, 2.75) is 70.6 Å². The van der Waals surface area contributed by atoms with Crippen LogP contribution in [0.5, 0.6) is 0 Å². The van der Waals surface area contributed by atoms with E-state index in [1.807, 2.05) is 19.9 Å². The van der Waals surface area contributed by atoms with Crippen molar-refractivity contribution in [3.05, 3.63) is 12.2 Å². The molecule has 6 heteroatoms. The van der Waals surface area contributed by atoms with Gasteiger partial charge in [0.15, 0.2) is 0 Å². The van der Waals surface area contributed by atoms with E-state index in [0.29, 0.717) is 12.8 Å². The van der Waals surface area contributed by atoms with E-state index in [-0.39, 0.29) is 11.8 Å². The second kappa shape index (κ2) is 8.67. The van der Waals surface area contributed by atoms with Gasteiger partial charge in [0.1, 0.15) is 0 Å². The van der Waals surface area contributed by atoms with Crippen LogP contribution in [0.1, 0.15) is 59.3 Å². The van der Waals surface area contributed by atoms with Gasteiger partial charge in [0.05, 0.1) is 11.3 Å². The first-order valence-corrected chi connectivity index (χ1v) is 9.82. The zero-order valence-corrected chi connectivity index (χ0v) is 14.7. The Balaban J connectivity index is 2.59. The lowest BCUT2D eigenvalue weighted by Crippen LogP contribution is -2.49. The van der Waals surface area contributed by atoms with Crippen molar-refractivity contribution < 1.29 is 13.2 Å². The average Bonchev–Trinajstić information content (AvgIpc) is 3.26. The molecule has 0 aliphatic heterocycles. The number of hydrogen-bond acceptors (Lipinski definition) is 4. The molecule has 2 unspecified atom stereocenters. The fraction of sp³-hybridized carbons (Fsp3) is 0.812.